The first kappa shape index (κ1) is 12.0. The highest BCUT2D eigenvalue weighted by molar-refractivity contribution is 6.01. The molecule has 5 N–H and O–H groups in total. The Morgan fingerprint density at radius 3 is 2.75 bits per heavy atom. The number of hydrogen-bond acceptors (Lipinski definition) is 4. The number of hydrogen-bond donors (Lipinski definition) is 4. The number of nitrogen functional groups attached to an aromatic ring is 1. The summed E-state index contributed by atoms with van der Waals surface area (Å²) in [5, 5.41) is 15.9. The number of nitrogens with two attached hydrogens (primary N) is 1. The van der Waals surface area contributed by atoms with Gasteiger partial charge in [-0.15, -0.1) is 0 Å². The highest BCUT2D eigenvalue weighted by Crippen LogP contribution is 2.13. The molecular weight excluding hydrogens is 210 g/mol. The number of amidine groups is 1. The summed E-state index contributed by atoms with van der Waals surface area (Å²) in [6.45, 7) is 5.27. The predicted octanol–water partition coefficient (Wildman–Crippen LogP) is 1.04. The van der Waals surface area contributed by atoms with Crippen LogP contribution in [0.5, 0.6) is 0 Å². The van der Waals surface area contributed by atoms with E-state index in [4.69, 9.17) is 15.9 Å². The van der Waals surface area contributed by atoms with Crippen LogP contribution in [0.15, 0.2) is 6.20 Å². The quantitative estimate of drug-likeness (QED) is 0.444. The highest BCUT2D eigenvalue weighted by Gasteiger charge is 2.18. The third-order valence-corrected chi connectivity index (χ3v) is 1.56. The molecule has 0 aromatic carbocycles. The lowest BCUT2D eigenvalue weighted by molar-refractivity contribution is 0.0635. The Balaban J connectivity index is 2.70. The highest BCUT2D eigenvalue weighted by atomic mass is 16.6. The van der Waals surface area contributed by atoms with E-state index in [9.17, 15) is 4.79 Å². The predicted molar refractivity (Wildman–Crippen MR) is 59.5 cm³/mol. The summed E-state index contributed by atoms with van der Waals surface area (Å²) in [6.07, 6.45) is 0.730. The first-order valence-electron chi connectivity index (χ1n) is 4.67. The molecule has 0 atom stereocenters. The number of aromatic nitrogens is 2. The number of nitrogens with one attached hydrogen (secondary N) is 3. The average Bonchev–Trinajstić information content (AvgIpc) is 2.47. The average molecular weight is 225 g/mol. The van der Waals surface area contributed by atoms with Gasteiger partial charge in [-0.25, -0.2) is 4.79 Å². The summed E-state index contributed by atoms with van der Waals surface area (Å²) in [5.41, 5.74) is 5.04. The molecule has 1 amide bonds. The molecule has 1 heterocycles. The van der Waals surface area contributed by atoms with E-state index in [1.165, 1.54) is 6.20 Å². The van der Waals surface area contributed by atoms with Gasteiger partial charge in [0, 0.05) is 0 Å². The minimum Gasteiger partial charge on any atom is -0.444 e. The van der Waals surface area contributed by atoms with Gasteiger partial charge in [0.2, 0.25) is 0 Å². The van der Waals surface area contributed by atoms with Crippen molar-refractivity contribution in [2.45, 2.75) is 26.4 Å². The molecule has 0 aliphatic carbocycles. The maximum Gasteiger partial charge on any atom is 0.413 e. The summed E-state index contributed by atoms with van der Waals surface area (Å²) in [7, 11) is 0. The van der Waals surface area contributed by atoms with Crippen molar-refractivity contribution < 1.29 is 9.53 Å². The molecule has 7 nitrogen and oxygen atoms in total. The molecule has 0 aliphatic heterocycles. The Morgan fingerprint density at radius 1 is 1.62 bits per heavy atom. The lowest BCUT2D eigenvalue weighted by Gasteiger charge is -2.19. The molecule has 0 spiro atoms. The Hall–Kier alpha value is -2.05. The maximum absolute atomic E-state index is 11.4. The number of nitrogens with zero attached hydrogens (tertiary/aromatic N) is 1. The fourth-order valence-corrected chi connectivity index (χ4v) is 0.991. The Bertz CT molecular complexity index is 404. The van der Waals surface area contributed by atoms with Crippen LogP contribution < -0.4 is 11.1 Å². The molecule has 7 heteroatoms. The van der Waals surface area contributed by atoms with Crippen LogP contribution in [0.1, 0.15) is 26.3 Å². The third kappa shape index (κ3) is 3.26. The molecule has 0 saturated carbocycles. The van der Waals surface area contributed by atoms with Crippen molar-refractivity contribution >= 4 is 17.7 Å². The van der Waals surface area contributed by atoms with Gasteiger partial charge in [-0.05, 0) is 20.8 Å². The van der Waals surface area contributed by atoms with Gasteiger partial charge in [0.05, 0.1) is 11.8 Å². The molecule has 88 valence electrons. The summed E-state index contributed by atoms with van der Waals surface area (Å²) in [4.78, 5) is 11.4. The second kappa shape index (κ2) is 4.21. The maximum atomic E-state index is 11.4. The number of rotatable bonds is 2. The van der Waals surface area contributed by atoms with Gasteiger partial charge < -0.3 is 10.5 Å². The van der Waals surface area contributed by atoms with Gasteiger partial charge in [0.15, 0.2) is 0 Å². The number of aromatic amines is 1. The standard InChI is InChI=1S/C9H15N5O2/c1-9(2,3)16-8(15)13-7-5(6(10)11)4-12-14-7/h4H,1-3H3,(H3,10,11)(H2,12,13,14,15). The lowest BCUT2D eigenvalue weighted by Crippen LogP contribution is -2.28. The lowest BCUT2D eigenvalue weighted by atomic mass is 10.2. The molecule has 0 aliphatic rings. The van der Waals surface area contributed by atoms with Gasteiger partial charge in [-0.2, -0.15) is 5.10 Å². The second-order valence-corrected chi connectivity index (χ2v) is 4.20. The van der Waals surface area contributed by atoms with Crippen LogP contribution in [-0.2, 0) is 4.74 Å². The normalized spacial score (nSPS) is 10.9. The summed E-state index contributed by atoms with van der Waals surface area (Å²) >= 11 is 0. The minimum atomic E-state index is -0.626. The fourth-order valence-electron chi connectivity index (χ4n) is 0.991. The number of ether oxygens (including phenoxy) is 1. The van der Waals surface area contributed by atoms with Crippen LogP contribution in [0.4, 0.5) is 10.6 Å². The first-order valence-corrected chi connectivity index (χ1v) is 4.67. The topological polar surface area (TPSA) is 117 Å². The molecule has 0 radical (unpaired) electrons. The third-order valence-electron chi connectivity index (χ3n) is 1.56. The van der Waals surface area contributed by atoms with Gasteiger partial charge in [-0.1, -0.05) is 0 Å². The zero-order chi connectivity index (χ0) is 12.3. The first-order chi connectivity index (χ1) is 7.29. The largest absolute Gasteiger partial charge is 0.444 e. The van der Waals surface area contributed by atoms with E-state index in [-0.39, 0.29) is 11.7 Å². The second-order valence-electron chi connectivity index (χ2n) is 4.20. The SMILES string of the molecule is CC(C)(C)OC(=O)Nc1[nH]ncc1C(=N)N. The molecule has 1 aromatic rings. The number of carbonyl (C=O) groups is 1. The zero-order valence-corrected chi connectivity index (χ0v) is 9.42. The number of amides is 1. The molecule has 16 heavy (non-hydrogen) atoms. The van der Waals surface area contributed by atoms with Crippen LogP contribution in [-0.4, -0.2) is 27.7 Å². The van der Waals surface area contributed by atoms with E-state index in [0.29, 0.717) is 5.56 Å². The van der Waals surface area contributed by atoms with Crippen molar-refractivity contribution in [1.82, 2.24) is 10.2 Å². The van der Waals surface area contributed by atoms with Gasteiger partial charge in [-0.3, -0.25) is 15.8 Å². The molecular formula is C9H15N5O2. The Labute approximate surface area is 92.9 Å². The van der Waals surface area contributed by atoms with Crippen LogP contribution in [0, 0.1) is 5.41 Å². The van der Waals surface area contributed by atoms with E-state index in [1.807, 2.05) is 0 Å². The van der Waals surface area contributed by atoms with Crippen molar-refractivity contribution in [3.05, 3.63) is 11.8 Å². The monoisotopic (exact) mass is 225 g/mol. The van der Waals surface area contributed by atoms with Crippen LogP contribution >= 0.6 is 0 Å². The molecule has 0 fully saturated rings. The number of carbonyl (C=O) groups excluding carboxylic acids is 1. The van der Waals surface area contributed by atoms with Crippen LogP contribution in [0.25, 0.3) is 0 Å². The smallest absolute Gasteiger partial charge is 0.413 e. The van der Waals surface area contributed by atoms with Crippen LogP contribution in [0.2, 0.25) is 0 Å². The summed E-state index contributed by atoms with van der Waals surface area (Å²) < 4.78 is 5.04. The van der Waals surface area contributed by atoms with Gasteiger partial charge in [0.25, 0.3) is 0 Å². The Morgan fingerprint density at radius 2 is 2.25 bits per heavy atom. The van der Waals surface area contributed by atoms with Crippen molar-refractivity contribution in [1.29, 1.82) is 5.41 Å². The van der Waals surface area contributed by atoms with Gasteiger partial charge >= 0.3 is 6.09 Å². The number of H-pyrrole nitrogens is 1. The van der Waals surface area contributed by atoms with Crippen molar-refractivity contribution in [3.63, 3.8) is 0 Å². The van der Waals surface area contributed by atoms with Crippen molar-refractivity contribution in [2.75, 3.05) is 5.32 Å². The fraction of sp³-hybridized carbons (Fsp3) is 0.444. The van der Waals surface area contributed by atoms with E-state index in [0.717, 1.165) is 0 Å². The number of anilines is 1. The van der Waals surface area contributed by atoms with E-state index in [1.54, 1.807) is 20.8 Å². The molecule has 0 saturated heterocycles. The van der Waals surface area contributed by atoms with E-state index in [2.05, 4.69) is 15.5 Å². The van der Waals surface area contributed by atoms with E-state index < -0.39 is 11.7 Å². The van der Waals surface area contributed by atoms with E-state index >= 15 is 0 Å². The molecule has 0 bridgehead atoms. The summed E-state index contributed by atoms with van der Waals surface area (Å²) in [5.74, 6) is 0.0709. The van der Waals surface area contributed by atoms with Gasteiger partial charge in [0.1, 0.15) is 17.3 Å². The molecule has 1 rings (SSSR count). The van der Waals surface area contributed by atoms with Crippen molar-refractivity contribution in [3.8, 4) is 0 Å². The van der Waals surface area contributed by atoms with Crippen LogP contribution in [0.3, 0.4) is 0 Å². The molecule has 0 unspecified atom stereocenters. The zero-order valence-electron chi connectivity index (χ0n) is 9.42. The van der Waals surface area contributed by atoms with Crippen molar-refractivity contribution in [2.24, 2.45) is 5.73 Å². The molecule has 1 aromatic heterocycles. The minimum absolute atomic E-state index is 0.181. The summed E-state index contributed by atoms with van der Waals surface area (Å²) in [6, 6.07) is 0. The Kier molecular flexibility index (Phi) is 3.17.